The van der Waals surface area contributed by atoms with Crippen LogP contribution in [0.2, 0.25) is 0 Å². The Kier molecular flexibility index (Phi) is 5.76. The number of ether oxygens (including phenoxy) is 1. The number of nitrogens with one attached hydrogen (secondary N) is 1. The molecule has 3 heteroatoms. The molecule has 0 aliphatic carbocycles. The summed E-state index contributed by atoms with van der Waals surface area (Å²) in [7, 11) is 1.57. The summed E-state index contributed by atoms with van der Waals surface area (Å²) in [5, 5.41) is 3.36. The average Bonchev–Trinajstić information content (AvgIpc) is 2.52. The van der Waals surface area contributed by atoms with Crippen molar-refractivity contribution in [2.45, 2.75) is 25.8 Å². The second-order valence-electron chi connectivity index (χ2n) is 5.12. The van der Waals surface area contributed by atoms with Crippen molar-refractivity contribution in [1.29, 1.82) is 0 Å². The highest BCUT2D eigenvalue weighted by Crippen LogP contribution is 2.27. The first-order valence-corrected chi connectivity index (χ1v) is 7.32. The molecule has 0 heterocycles. The number of benzene rings is 2. The van der Waals surface area contributed by atoms with Crippen molar-refractivity contribution in [1.82, 2.24) is 5.32 Å². The highest BCUT2D eigenvalue weighted by molar-refractivity contribution is 5.36. The third kappa shape index (κ3) is 4.30. The van der Waals surface area contributed by atoms with Gasteiger partial charge in [0.1, 0.15) is 11.6 Å². The summed E-state index contributed by atoms with van der Waals surface area (Å²) in [5.41, 5.74) is 1.93. The fourth-order valence-corrected chi connectivity index (χ4v) is 2.47. The Morgan fingerprint density at radius 2 is 1.86 bits per heavy atom. The molecule has 0 spiro atoms. The van der Waals surface area contributed by atoms with Gasteiger partial charge in [0.05, 0.1) is 7.11 Å². The predicted octanol–water partition coefficient (Wildman–Crippen LogP) is 4.12. The lowest BCUT2D eigenvalue weighted by Gasteiger charge is -2.18. The first-order chi connectivity index (χ1) is 10.2. The van der Waals surface area contributed by atoms with Crippen LogP contribution in [-0.2, 0) is 6.42 Å². The molecule has 0 aromatic heterocycles. The Morgan fingerprint density at radius 1 is 1.10 bits per heavy atom. The summed E-state index contributed by atoms with van der Waals surface area (Å²) in [6, 6.07) is 15.2. The van der Waals surface area contributed by atoms with Crippen molar-refractivity contribution in [3.8, 4) is 5.75 Å². The van der Waals surface area contributed by atoms with Crippen LogP contribution < -0.4 is 10.1 Å². The van der Waals surface area contributed by atoms with Crippen LogP contribution >= 0.6 is 0 Å². The minimum Gasteiger partial charge on any atom is -0.496 e. The molecule has 2 nitrogen and oxygen atoms in total. The Balaban J connectivity index is 1.86. The molecule has 21 heavy (non-hydrogen) atoms. The van der Waals surface area contributed by atoms with Crippen LogP contribution in [0, 0.1) is 5.82 Å². The Morgan fingerprint density at radius 3 is 2.57 bits per heavy atom. The van der Waals surface area contributed by atoms with Crippen LogP contribution in [0.15, 0.2) is 48.5 Å². The highest BCUT2D eigenvalue weighted by atomic mass is 19.1. The van der Waals surface area contributed by atoms with E-state index in [0.29, 0.717) is 11.3 Å². The van der Waals surface area contributed by atoms with Gasteiger partial charge in [-0.25, -0.2) is 4.39 Å². The summed E-state index contributed by atoms with van der Waals surface area (Å²) >= 11 is 0. The molecular weight excluding hydrogens is 265 g/mol. The zero-order chi connectivity index (χ0) is 15.1. The van der Waals surface area contributed by atoms with Crippen LogP contribution in [0.3, 0.4) is 0 Å². The Labute approximate surface area is 126 Å². The summed E-state index contributed by atoms with van der Waals surface area (Å²) < 4.78 is 19.2. The molecule has 0 bridgehead atoms. The van der Waals surface area contributed by atoms with E-state index in [1.807, 2.05) is 13.0 Å². The zero-order valence-corrected chi connectivity index (χ0v) is 12.6. The lowest BCUT2D eigenvalue weighted by molar-refractivity contribution is 0.393. The van der Waals surface area contributed by atoms with Crippen molar-refractivity contribution in [2.75, 3.05) is 13.7 Å². The quantitative estimate of drug-likeness (QED) is 0.774. The van der Waals surface area contributed by atoms with Crippen LogP contribution in [0.5, 0.6) is 5.75 Å². The summed E-state index contributed by atoms with van der Waals surface area (Å²) in [5.74, 6) is 0.371. The van der Waals surface area contributed by atoms with Gasteiger partial charge in [0.2, 0.25) is 0 Å². The molecule has 2 aromatic carbocycles. The van der Waals surface area contributed by atoms with Gasteiger partial charge in [-0.15, -0.1) is 0 Å². The van der Waals surface area contributed by atoms with Crippen molar-refractivity contribution < 1.29 is 9.13 Å². The number of halogens is 1. The Hall–Kier alpha value is -1.87. The van der Waals surface area contributed by atoms with Gasteiger partial charge in [0.25, 0.3) is 0 Å². The van der Waals surface area contributed by atoms with E-state index in [2.05, 4.69) is 29.6 Å². The Bertz CT molecular complexity index is 556. The minimum atomic E-state index is -0.225. The molecule has 1 N–H and O–H groups in total. The normalized spacial score (nSPS) is 12.1. The minimum absolute atomic E-state index is 0.0723. The molecule has 2 rings (SSSR count). The topological polar surface area (TPSA) is 21.3 Å². The highest BCUT2D eigenvalue weighted by Gasteiger charge is 2.15. The monoisotopic (exact) mass is 287 g/mol. The van der Waals surface area contributed by atoms with Gasteiger partial charge in [-0.2, -0.15) is 0 Å². The molecule has 0 amide bonds. The molecular formula is C18H22FNO. The van der Waals surface area contributed by atoms with Crippen LogP contribution in [0.4, 0.5) is 4.39 Å². The van der Waals surface area contributed by atoms with Crippen molar-refractivity contribution >= 4 is 0 Å². The standard InChI is InChI=1S/C18H22FNO/c1-14(18-16(19)11-6-12-17(18)21-2)20-13-7-10-15-8-4-3-5-9-15/h3-6,8-9,11-12,14,20H,7,10,13H2,1-2H3. The van der Waals surface area contributed by atoms with Crippen LogP contribution in [-0.4, -0.2) is 13.7 Å². The smallest absolute Gasteiger partial charge is 0.131 e. The lowest BCUT2D eigenvalue weighted by atomic mass is 10.1. The van der Waals surface area contributed by atoms with Gasteiger partial charge in [0, 0.05) is 11.6 Å². The molecule has 112 valence electrons. The third-order valence-corrected chi connectivity index (χ3v) is 3.60. The zero-order valence-electron chi connectivity index (χ0n) is 12.6. The van der Waals surface area contributed by atoms with Gasteiger partial charge in [0.15, 0.2) is 0 Å². The number of rotatable bonds is 7. The lowest BCUT2D eigenvalue weighted by Crippen LogP contribution is -2.21. The fraction of sp³-hybridized carbons (Fsp3) is 0.333. The number of hydrogen-bond donors (Lipinski definition) is 1. The molecule has 1 atom stereocenters. The fourth-order valence-electron chi connectivity index (χ4n) is 2.47. The van der Waals surface area contributed by atoms with E-state index >= 15 is 0 Å². The summed E-state index contributed by atoms with van der Waals surface area (Å²) in [6.07, 6.45) is 2.04. The van der Waals surface area contributed by atoms with E-state index in [1.54, 1.807) is 19.2 Å². The third-order valence-electron chi connectivity index (χ3n) is 3.60. The van der Waals surface area contributed by atoms with Gasteiger partial charge in [-0.3, -0.25) is 0 Å². The van der Waals surface area contributed by atoms with E-state index in [-0.39, 0.29) is 11.9 Å². The van der Waals surface area contributed by atoms with Crippen molar-refractivity contribution in [2.24, 2.45) is 0 Å². The molecule has 0 saturated carbocycles. The largest absolute Gasteiger partial charge is 0.496 e. The summed E-state index contributed by atoms with van der Waals surface area (Å²) in [6.45, 7) is 2.80. The maximum absolute atomic E-state index is 13.9. The SMILES string of the molecule is COc1cccc(F)c1C(C)NCCCc1ccccc1. The molecule has 0 fully saturated rings. The molecule has 0 saturated heterocycles. The van der Waals surface area contributed by atoms with Crippen molar-refractivity contribution in [3.63, 3.8) is 0 Å². The van der Waals surface area contributed by atoms with Crippen LogP contribution in [0.25, 0.3) is 0 Å². The second-order valence-corrected chi connectivity index (χ2v) is 5.12. The number of hydrogen-bond acceptors (Lipinski definition) is 2. The van der Waals surface area contributed by atoms with Crippen molar-refractivity contribution in [3.05, 3.63) is 65.5 Å². The summed E-state index contributed by atoms with van der Waals surface area (Å²) in [4.78, 5) is 0. The maximum atomic E-state index is 13.9. The molecule has 1 unspecified atom stereocenters. The first kappa shape index (κ1) is 15.5. The van der Waals surface area contributed by atoms with Gasteiger partial charge < -0.3 is 10.1 Å². The van der Waals surface area contributed by atoms with E-state index < -0.39 is 0 Å². The average molecular weight is 287 g/mol. The number of aryl methyl sites for hydroxylation is 1. The van der Waals surface area contributed by atoms with E-state index in [1.165, 1.54) is 11.6 Å². The molecule has 0 aliphatic rings. The van der Waals surface area contributed by atoms with E-state index in [0.717, 1.165) is 19.4 Å². The second kappa shape index (κ2) is 7.79. The molecule has 0 radical (unpaired) electrons. The molecule has 2 aromatic rings. The van der Waals surface area contributed by atoms with Gasteiger partial charge >= 0.3 is 0 Å². The van der Waals surface area contributed by atoms with E-state index in [9.17, 15) is 4.39 Å². The first-order valence-electron chi connectivity index (χ1n) is 7.32. The van der Waals surface area contributed by atoms with Gasteiger partial charge in [-0.1, -0.05) is 36.4 Å². The molecule has 0 aliphatic heterocycles. The maximum Gasteiger partial charge on any atom is 0.131 e. The predicted molar refractivity (Wildman–Crippen MR) is 84.1 cm³/mol. The van der Waals surface area contributed by atoms with Crippen LogP contribution in [0.1, 0.15) is 30.5 Å². The van der Waals surface area contributed by atoms with Gasteiger partial charge in [-0.05, 0) is 44.0 Å². The number of methoxy groups -OCH3 is 1. The van der Waals surface area contributed by atoms with E-state index in [4.69, 9.17) is 4.74 Å².